The van der Waals surface area contributed by atoms with Gasteiger partial charge in [-0.25, -0.2) is 4.79 Å². The zero-order valence-electron chi connectivity index (χ0n) is 13.8. The maximum absolute atomic E-state index is 12.4. The Balaban J connectivity index is 2.07. The molecule has 0 saturated heterocycles. The summed E-state index contributed by atoms with van der Waals surface area (Å²) in [6, 6.07) is 10.4. The number of aromatic nitrogens is 1. The standard InChI is InChI=1S/C19H26N2O/c1-4-6-10-17(5-2)20-19(22)21-13-12-16(14-21)18-11-8-7-9-15(18)3/h7-9,11-14,17H,4-6,10H2,1-3H3,(H,20,22). The highest BCUT2D eigenvalue weighted by Crippen LogP contribution is 2.23. The van der Waals surface area contributed by atoms with Crippen LogP contribution in [0.3, 0.4) is 0 Å². The first-order valence-electron chi connectivity index (χ1n) is 8.20. The van der Waals surface area contributed by atoms with Crippen LogP contribution < -0.4 is 5.32 Å². The quantitative estimate of drug-likeness (QED) is 0.801. The number of carbonyl (C=O) groups excluding carboxylic acids is 1. The Morgan fingerprint density at radius 3 is 2.68 bits per heavy atom. The molecule has 1 heterocycles. The van der Waals surface area contributed by atoms with Gasteiger partial charge in [-0.2, -0.15) is 0 Å². The van der Waals surface area contributed by atoms with E-state index in [0.29, 0.717) is 0 Å². The summed E-state index contributed by atoms with van der Waals surface area (Å²) in [4.78, 5) is 12.4. The lowest BCUT2D eigenvalue weighted by Gasteiger charge is -2.16. The molecule has 0 saturated carbocycles. The molecule has 0 aliphatic carbocycles. The van der Waals surface area contributed by atoms with Crippen LogP contribution in [0.5, 0.6) is 0 Å². The number of rotatable bonds is 6. The van der Waals surface area contributed by atoms with E-state index in [1.807, 2.05) is 30.6 Å². The number of unbranched alkanes of at least 4 members (excludes halogenated alkanes) is 1. The predicted molar refractivity (Wildman–Crippen MR) is 92.1 cm³/mol. The molecular weight excluding hydrogens is 272 g/mol. The molecule has 1 aromatic carbocycles. The maximum Gasteiger partial charge on any atom is 0.325 e. The van der Waals surface area contributed by atoms with Gasteiger partial charge in [-0.3, -0.25) is 4.57 Å². The summed E-state index contributed by atoms with van der Waals surface area (Å²) in [5, 5.41) is 3.12. The lowest BCUT2D eigenvalue weighted by Crippen LogP contribution is -2.36. The third-order valence-corrected chi connectivity index (χ3v) is 4.11. The molecule has 1 amide bonds. The fraction of sp³-hybridized carbons (Fsp3) is 0.421. The zero-order chi connectivity index (χ0) is 15.9. The van der Waals surface area contributed by atoms with Crippen molar-refractivity contribution in [1.29, 1.82) is 0 Å². The van der Waals surface area contributed by atoms with Gasteiger partial charge in [-0.1, -0.05) is 51.0 Å². The van der Waals surface area contributed by atoms with Crippen LogP contribution in [0.1, 0.15) is 45.1 Å². The molecule has 1 atom stereocenters. The molecule has 0 radical (unpaired) electrons. The van der Waals surface area contributed by atoms with Crippen LogP contribution in [0.25, 0.3) is 11.1 Å². The molecule has 0 bridgehead atoms. The average molecular weight is 298 g/mol. The Kier molecular flexibility index (Phi) is 5.82. The van der Waals surface area contributed by atoms with Gasteiger partial charge in [0.15, 0.2) is 0 Å². The number of aryl methyl sites for hydroxylation is 1. The molecule has 1 aromatic heterocycles. The van der Waals surface area contributed by atoms with Crippen molar-refractivity contribution in [3.05, 3.63) is 48.3 Å². The Hall–Kier alpha value is -2.03. The summed E-state index contributed by atoms with van der Waals surface area (Å²) >= 11 is 0. The molecular formula is C19H26N2O. The Morgan fingerprint density at radius 2 is 2.00 bits per heavy atom. The van der Waals surface area contributed by atoms with E-state index in [0.717, 1.165) is 31.2 Å². The molecule has 2 aromatic rings. The second-order valence-electron chi connectivity index (χ2n) is 5.82. The van der Waals surface area contributed by atoms with Gasteiger partial charge >= 0.3 is 6.03 Å². The van der Waals surface area contributed by atoms with Gasteiger partial charge in [0.05, 0.1) is 0 Å². The summed E-state index contributed by atoms with van der Waals surface area (Å²) in [7, 11) is 0. The zero-order valence-corrected chi connectivity index (χ0v) is 13.8. The third kappa shape index (κ3) is 4.00. The monoisotopic (exact) mass is 298 g/mol. The van der Waals surface area contributed by atoms with Gasteiger partial charge < -0.3 is 5.32 Å². The van der Waals surface area contributed by atoms with Crippen LogP contribution in [0, 0.1) is 6.92 Å². The van der Waals surface area contributed by atoms with Crippen molar-refractivity contribution in [3.8, 4) is 11.1 Å². The summed E-state index contributed by atoms with van der Waals surface area (Å²) in [5.41, 5.74) is 3.47. The first-order valence-corrected chi connectivity index (χ1v) is 8.20. The lowest BCUT2D eigenvalue weighted by molar-refractivity contribution is 0.237. The van der Waals surface area contributed by atoms with Gasteiger partial charge in [0.1, 0.15) is 0 Å². The lowest BCUT2D eigenvalue weighted by atomic mass is 10.0. The van der Waals surface area contributed by atoms with Crippen LogP contribution in [-0.2, 0) is 0 Å². The van der Waals surface area contributed by atoms with Gasteiger partial charge in [-0.15, -0.1) is 0 Å². The van der Waals surface area contributed by atoms with Gasteiger partial charge in [-0.05, 0) is 37.0 Å². The average Bonchev–Trinajstić information content (AvgIpc) is 3.01. The van der Waals surface area contributed by atoms with E-state index in [1.54, 1.807) is 4.57 Å². The summed E-state index contributed by atoms with van der Waals surface area (Å²) in [5.74, 6) is 0. The van der Waals surface area contributed by atoms with Gasteiger partial charge in [0, 0.05) is 24.0 Å². The number of nitrogens with one attached hydrogen (secondary N) is 1. The van der Waals surface area contributed by atoms with Crippen molar-refractivity contribution in [2.75, 3.05) is 0 Å². The number of hydrogen-bond acceptors (Lipinski definition) is 1. The fourth-order valence-corrected chi connectivity index (χ4v) is 2.66. The predicted octanol–water partition coefficient (Wildman–Crippen LogP) is 4.99. The summed E-state index contributed by atoms with van der Waals surface area (Å²) < 4.78 is 1.65. The number of benzene rings is 1. The second-order valence-corrected chi connectivity index (χ2v) is 5.82. The molecule has 3 nitrogen and oxygen atoms in total. The van der Waals surface area contributed by atoms with Crippen LogP contribution in [-0.4, -0.2) is 16.6 Å². The smallest absolute Gasteiger partial charge is 0.325 e. The van der Waals surface area contributed by atoms with Crippen molar-refractivity contribution in [2.45, 2.75) is 52.5 Å². The number of hydrogen-bond donors (Lipinski definition) is 1. The minimum absolute atomic E-state index is 0.0391. The van der Waals surface area contributed by atoms with E-state index in [-0.39, 0.29) is 12.1 Å². The molecule has 1 N–H and O–H groups in total. The molecule has 1 unspecified atom stereocenters. The van der Waals surface area contributed by atoms with Crippen LogP contribution in [0.4, 0.5) is 4.79 Å². The highest BCUT2D eigenvalue weighted by molar-refractivity contribution is 5.79. The second kappa shape index (κ2) is 7.83. The highest BCUT2D eigenvalue weighted by atomic mass is 16.2. The fourth-order valence-electron chi connectivity index (χ4n) is 2.66. The van der Waals surface area contributed by atoms with Crippen LogP contribution in [0.15, 0.2) is 42.7 Å². The topological polar surface area (TPSA) is 34.0 Å². The van der Waals surface area contributed by atoms with E-state index in [2.05, 4.69) is 38.2 Å². The molecule has 0 aliphatic rings. The third-order valence-electron chi connectivity index (χ3n) is 4.11. The largest absolute Gasteiger partial charge is 0.335 e. The Bertz CT molecular complexity index is 615. The number of carbonyl (C=O) groups is 1. The SMILES string of the molecule is CCCCC(CC)NC(=O)n1ccc(-c2ccccc2C)c1. The first-order chi connectivity index (χ1) is 10.7. The van der Waals surface area contributed by atoms with Crippen molar-refractivity contribution >= 4 is 6.03 Å². The minimum Gasteiger partial charge on any atom is -0.335 e. The van der Waals surface area contributed by atoms with E-state index in [4.69, 9.17) is 0 Å². The Labute approximate surface area is 133 Å². The molecule has 3 heteroatoms. The number of amides is 1. The molecule has 0 fully saturated rings. The molecule has 22 heavy (non-hydrogen) atoms. The van der Waals surface area contributed by atoms with E-state index in [1.165, 1.54) is 11.1 Å². The first kappa shape index (κ1) is 16.3. The highest BCUT2D eigenvalue weighted by Gasteiger charge is 2.12. The van der Waals surface area contributed by atoms with Crippen molar-refractivity contribution in [3.63, 3.8) is 0 Å². The molecule has 118 valence electrons. The minimum atomic E-state index is -0.0391. The van der Waals surface area contributed by atoms with Gasteiger partial charge in [0.25, 0.3) is 0 Å². The summed E-state index contributed by atoms with van der Waals surface area (Å²) in [6.07, 6.45) is 8.07. The molecule has 2 rings (SSSR count). The van der Waals surface area contributed by atoms with Crippen molar-refractivity contribution in [1.82, 2.24) is 9.88 Å². The normalized spacial score (nSPS) is 12.1. The summed E-state index contributed by atoms with van der Waals surface area (Å²) in [6.45, 7) is 6.38. The van der Waals surface area contributed by atoms with Crippen molar-refractivity contribution < 1.29 is 4.79 Å². The molecule has 0 aliphatic heterocycles. The van der Waals surface area contributed by atoms with Crippen LogP contribution >= 0.6 is 0 Å². The number of nitrogens with zero attached hydrogens (tertiary/aromatic N) is 1. The van der Waals surface area contributed by atoms with Gasteiger partial charge in [0.2, 0.25) is 0 Å². The van der Waals surface area contributed by atoms with Crippen molar-refractivity contribution in [2.24, 2.45) is 0 Å². The van der Waals surface area contributed by atoms with E-state index < -0.39 is 0 Å². The van der Waals surface area contributed by atoms with E-state index in [9.17, 15) is 4.79 Å². The maximum atomic E-state index is 12.4. The molecule has 0 spiro atoms. The Morgan fingerprint density at radius 1 is 1.23 bits per heavy atom. The van der Waals surface area contributed by atoms with E-state index >= 15 is 0 Å². The van der Waals surface area contributed by atoms with Crippen LogP contribution in [0.2, 0.25) is 0 Å².